The highest BCUT2D eigenvalue weighted by molar-refractivity contribution is 9.10. The molecule has 0 fully saturated rings. The van der Waals surface area contributed by atoms with Gasteiger partial charge in [-0.1, -0.05) is 33.6 Å². The van der Waals surface area contributed by atoms with Gasteiger partial charge in [-0.25, -0.2) is 4.79 Å². The Bertz CT molecular complexity index is 390. The van der Waals surface area contributed by atoms with Crippen LogP contribution in [0.1, 0.15) is 5.56 Å². The number of benzene rings is 1. The number of carbonyl (C=O) groups is 2. The number of carboxylic acids is 1. The predicted molar refractivity (Wildman–Crippen MR) is 55.5 cm³/mol. The van der Waals surface area contributed by atoms with E-state index in [-0.39, 0.29) is 6.42 Å². The highest BCUT2D eigenvalue weighted by atomic mass is 79.9. The molecule has 0 amide bonds. The molecule has 0 aliphatic carbocycles. The van der Waals surface area contributed by atoms with Crippen molar-refractivity contribution in [3.8, 4) is 0 Å². The fourth-order valence-corrected chi connectivity index (χ4v) is 1.74. The number of carboxylic acid groups (broad SMARTS) is 1. The summed E-state index contributed by atoms with van der Waals surface area (Å²) in [5.41, 5.74) is 0.613. The topological polar surface area (TPSA) is 54.4 Å². The Labute approximate surface area is 93.8 Å². The van der Waals surface area contributed by atoms with Crippen molar-refractivity contribution in [3.63, 3.8) is 0 Å². The molecule has 0 unspecified atom stereocenters. The second-order valence-electron chi connectivity index (χ2n) is 2.64. The van der Waals surface area contributed by atoms with Crippen molar-refractivity contribution in [1.29, 1.82) is 0 Å². The number of halogens is 2. The largest absolute Gasteiger partial charge is 0.475 e. The second-order valence-corrected chi connectivity index (χ2v) is 3.93. The van der Waals surface area contributed by atoms with Gasteiger partial charge in [-0.05, 0) is 17.7 Å². The maximum atomic E-state index is 10.9. The lowest BCUT2D eigenvalue weighted by atomic mass is 10.1. The van der Waals surface area contributed by atoms with Gasteiger partial charge in [0.2, 0.25) is 5.78 Å². The Hall–Kier alpha value is -0.870. The van der Waals surface area contributed by atoms with Crippen molar-refractivity contribution in [2.45, 2.75) is 6.42 Å². The molecule has 5 heteroatoms. The normalized spacial score (nSPS) is 9.86. The number of Topliss-reactive ketones (excluding diaryl/α,β-unsaturated/α-hetero) is 1. The zero-order chi connectivity index (χ0) is 10.7. The number of aliphatic carboxylic acids is 1. The van der Waals surface area contributed by atoms with Crippen LogP contribution in [0.2, 0.25) is 5.02 Å². The maximum Gasteiger partial charge on any atom is 0.372 e. The van der Waals surface area contributed by atoms with E-state index in [2.05, 4.69) is 15.9 Å². The summed E-state index contributed by atoms with van der Waals surface area (Å²) in [5, 5.41) is 8.93. The van der Waals surface area contributed by atoms with Crippen LogP contribution in [0.3, 0.4) is 0 Å². The molecule has 0 spiro atoms. The summed E-state index contributed by atoms with van der Waals surface area (Å²) in [5.74, 6) is -2.26. The van der Waals surface area contributed by atoms with Crippen LogP contribution in [0.25, 0.3) is 0 Å². The molecule has 1 rings (SSSR count). The molecule has 0 saturated carbocycles. The molecule has 1 aromatic carbocycles. The highest BCUT2D eigenvalue weighted by Crippen LogP contribution is 2.21. The molecule has 0 aliphatic heterocycles. The minimum Gasteiger partial charge on any atom is -0.475 e. The summed E-state index contributed by atoms with van der Waals surface area (Å²) >= 11 is 8.88. The van der Waals surface area contributed by atoms with Crippen molar-refractivity contribution in [3.05, 3.63) is 33.3 Å². The molecule has 0 bridgehead atoms. The molecule has 0 heterocycles. The van der Waals surface area contributed by atoms with Crippen LogP contribution in [-0.2, 0) is 16.0 Å². The van der Waals surface area contributed by atoms with Gasteiger partial charge in [0.1, 0.15) is 0 Å². The molecule has 0 radical (unpaired) electrons. The zero-order valence-electron chi connectivity index (χ0n) is 6.96. The minimum atomic E-state index is -1.42. The minimum absolute atomic E-state index is 0.132. The fourth-order valence-electron chi connectivity index (χ4n) is 0.914. The van der Waals surface area contributed by atoms with Gasteiger partial charge in [-0.3, -0.25) is 4.79 Å². The fraction of sp³-hybridized carbons (Fsp3) is 0.111. The second kappa shape index (κ2) is 4.57. The first-order chi connectivity index (χ1) is 6.50. The van der Waals surface area contributed by atoms with Gasteiger partial charge in [0, 0.05) is 15.9 Å². The Morgan fingerprint density at radius 3 is 2.57 bits per heavy atom. The Kier molecular flexibility index (Phi) is 3.66. The lowest BCUT2D eigenvalue weighted by Gasteiger charge is -2.01. The first-order valence-electron chi connectivity index (χ1n) is 3.70. The number of ketones is 1. The number of hydrogen-bond acceptors (Lipinski definition) is 2. The van der Waals surface area contributed by atoms with E-state index < -0.39 is 11.8 Å². The van der Waals surface area contributed by atoms with E-state index in [1.807, 2.05) is 0 Å². The van der Waals surface area contributed by atoms with Crippen LogP contribution in [0.5, 0.6) is 0 Å². The average molecular weight is 278 g/mol. The third-order valence-electron chi connectivity index (χ3n) is 1.60. The highest BCUT2D eigenvalue weighted by Gasteiger charge is 2.13. The summed E-state index contributed by atoms with van der Waals surface area (Å²) in [6.07, 6.45) is -0.132. The molecular weight excluding hydrogens is 271 g/mol. The van der Waals surface area contributed by atoms with Crippen LogP contribution in [0, 0.1) is 0 Å². The van der Waals surface area contributed by atoms with Gasteiger partial charge in [0.25, 0.3) is 0 Å². The van der Waals surface area contributed by atoms with E-state index in [9.17, 15) is 9.59 Å². The number of carbonyl (C=O) groups excluding carboxylic acids is 1. The van der Waals surface area contributed by atoms with Crippen molar-refractivity contribution in [1.82, 2.24) is 0 Å². The lowest BCUT2D eigenvalue weighted by molar-refractivity contribution is -0.148. The van der Waals surface area contributed by atoms with Gasteiger partial charge >= 0.3 is 5.97 Å². The molecule has 74 valence electrons. The first-order valence-corrected chi connectivity index (χ1v) is 4.88. The molecule has 14 heavy (non-hydrogen) atoms. The first kappa shape index (κ1) is 11.2. The van der Waals surface area contributed by atoms with Gasteiger partial charge in [-0.15, -0.1) is 0 Å². The van der Waals surface area contributed by atoms with Crippen molar-refractivity contribution in [2.75, 3.05) is 0 Å². The third kappa shape index (κ3) is 2.82. The summed E-state index contributed by atoms with van der Waals surface area (Å²) in [6.45, 7) is 0. The SMILES string of the molecule is O=C(O)C(=O)Cc1ccc(Cl)cc1Br. The Morgan fingerprint density at radius 2 is 2.07 bits per heavy atom. The van der Waals surface area contributed by atoms with Gasteiger partial charge < -0.3 is 5.11 Å². The summed E-state index contributed by atoms with van der Waals surface area (Å²) in [7, 11) is 0. The quantitative estimate of drug-likeness (QED) is 0.863. The smallest absolute Gasteiger partial charge is 0.372 e. The summed E-state index contributed by atoms with van der Waals surface area (Å²) in [4.78, 5) is 21.2. The molecule has 0 atom stereocenters. The van der Waals surface area contributed by atoms with Crippen LogP contribution in [0.4, 0.5) is 0 Å². The molecule has 1 aromatic rings. The van der Waals surface area contributed by atoms with Crippen LogP contribution < -0.4 is 0 Å². The average Bonchev–Trinajstić information content (AvgIpc) is 2.09. The van der Waals surface area contributed by atoms with E-state index >= 15 is 0 Å². The monoisotopic (exact) mass is 276 g/mol. The molecular formula is C9H6BrClO3. The Balaban J connectivity index is 2.87. The van der Waals surface area contributed by atoms with Gasteiger partial charge in [0.15, 0.2) is 0 Å². The van der Waals surface area contributed by atoms with Crippen LogP contribution in [0.15, 0.2) is 22.7 Å². The maximum absolute atomic E-state index is 10.9. The van der Waals surface area contributed by atoms with E-state index in [1.165, 1.54) is 0 Å². The molecule has 3 nitrogen and oxygen atoms in total. The van der Waals surface area contributed by atoms with Crippen LogP contribution >= 0.6 is 27.5 Å². The Morgan fingerprint density at radius 1 is 1.43 bits per heavy atom. The molecule has 0 aliphatic rings. The van der Waals surface area contributed by atoms with Gasteiger partial charge in [0.05, 0.1) is 0 Å². The van der Waals surface area contributed by atoms with E-state index in [4.69, 9.17) is 16.7 Å². The summed E-state index contributed by atoms with van der Waals surface area (Å²) in [6, 6.07) is 4.84. The molecule has 1 N–H and O–H groups in total. The van der Waals surface area contributed by atoms with Crippen molar-refractivity contribution < 1.29 is 14.7 Å². The van der Waals surface area contributed by atoms with E-state index in [1.54, 1.807) is 18.2 Å². The third-order valence-corrected chi connectivity index (χ3v) is 2.58. The van der Waals surface area contributed by atoms with Crippen LogP contribution in [-0.4, -0.2) is 16.9 Å². The van der Waals surface area contributed by atoms with E-state index in [0.29, 0.717) is 15.1 Å². The number of hydrogen-bond donors (Lipinski definition) is 1. The molecule has 0 aromatic heterocycles. The predicted octanol–water partition coefficient (Wildman–Crippen LogP) is 2.30. The molecule has 0 saturated heterocycles. The zero-order valence-corrected chi connectivity index (χ0v) is 9.30. The summed E-state index contributed by atoms with van der Waals surface area (Å²) < 4.78 is 0.639. The van der Waals surface area contributed by atoms with Crippen molar-refractivity contribution >= 4 is 39.3 Å². The van der Waals surface area contributed by atoms with E-state index in [0.717, 1.165) is 0 Å². The number of rotatable bonds is 3. The lowest BCUT2D eigenvalue weighted by Crippen LogP contribution is -2.15. The standard InChI is InChI=1S/C9H6BrClO3/c10-7-4-6(11)2-1-5(7)3-8(12)9(13)14/h1-2,4H,3H2,(H,13,14). The van der Waals surface area contributed by atoms with Gasteiger partial charge in [-0.2, -0.15) is 0 Å². The van der Waals surface area contributed by atoms with Crippen molar-refractivity contribution in [2.24, 2.45) is 0 Å².